The molecular formula is C34H40N8O4. The van der Waals surface area contributed by atoms with E-state index in [-0.39, 0.29) is 36.2 Å². The van der Waals surface area contributed by atoms with Crippen molar-refractivity contribution in [2.75, 3.05) is 39.1 Å². The van der Waals surface area contributed by atoms with E-state index in [4.69, 9.17) is 20.0 Å². The number of aromatic nitrogens is 3. The zero-order chi connectivity index (χ0) is 32.4. The normalized spacial score (nSPS) is 16.5. The van der Waals surface area contributed by atoms with Crippen LogP contribution in [0.15, 0.2) is 59.3 Å². The van der Waals surface area contributed by atoms with Crippen LogP contribution in [0, 0.1) is 0 Å². The first kappa shape index (κ1) is 31.2. The van der Waals surface area contributed by atoms with Crippen LogP contribution in [-0.2, 0) is 11.8 Å². The number of likely N-dealkylation sites (tertiary alicyclic amines) is 1. The molecule has 1 aliphatic carbocycles. The molecule has 240 valence electrons. The highest BCUT2D eigenvalue weighted by Crippen LogP contribution is 2.43. The summed E-state index contributed by atoms with van der Waals surface area (Å²) in [5.74, 6) is 0.417. The van der Waals surface area contributed by atoms with Gasteiger partial charge in [-0.3, -0.25) is 9.59 Å². The lowest BCUT2D eigenvalue weighted by Crippen LogP contribution is -2.43. The molecule has 2 amide bonds. The summed E-state index contributed by atoms with van der Waals surface area (Å²) in [4.78, 5) is 38.1. The minimum Gasteiger partial charge on any atom is -0.495 e. The maximum Gasteiger partial charge on any atom is 0.290 e. The second-order valence-electron chi connectivity index (χ2n) is 12.6. The fourth-order valence-corrected chi connectivity index (χ4v) is 6.16. The quantitative estimate of drug-likeness (QED) is 0.215. The number of rotatable bonds is 9. The minimum atomic E-state index is -0.394. The van der Waals surface area contributed by atoms with Crippen molar-refractivity contribution in [3.63, 3.8) is 0 Å². The Morgan fingerprint density at radius 2 is 1.87 bits per heavy atom. The Bertz CT molecular complexity index is 1730. The minimum absolute atomic E-state index is 0.133. The van der Waals surface area contributed by atoms with Crippen LogP contribution in [0.1, 0.15) is 70.3 Å². The zero-order valence-corrected chi connectivity index (χ0v) is 26.6. The van der Waals surface area contributed by atoms with E-state index < -0.39 is 5.41 Å². The van der Waals surface area contributed by atoms with Crippen LogP contribution in [0.3, 0.4) is 0 Å². The number of nitrogens with one attached hydrogen (secondary N) is 3. The van der Waals surface area contributed by atoms with Crippen molar-refractivity contribution in [3.05, 3.63) is 82.7 Å². The van der Waals surface area contributed by atoms with Gasteiger partial charge in [-0.1, -0.05) is 49.3 Å². The summed E-state index contributed by atoms with van der Waals surface area (Å²) in [7, 11) is 3.64. The summed E-state index contributed by atoms with van der Waals surface area (Å²) in [5, 5.41) is 13.7. The number of hydrogen-bond donors (Lipinski definition) is 4. The number of ether oxygens (including phenoxy) is 1. The van der Waals surface area contributed by atoms with Crippen molar-refractivity contribution in [1.82, 2.24) is 30.7 Å². The lowest BCUT2D eigenvalue weighted by molar-refractivity contribution is 0.0896. The van der Waals surface area contributed by atoms with Crippen LogP contribution in [0.5, 0.6) is 5.75 Å². The monoisotopic (exact) mass is 624 g/mol. The predicted molar refractivity (Wildman–Crippen MR) is 174 cm³/mol. The average molecular weight is 625 g/mol. The van der Waals surface area contributed by atoms with E-state index >= 15 is 0 Å². The fraction of sp³-hybridized carbons (Fsp3) is 0.382. The van der Waals surface area contributed by atoms with Crippen LogP contribution in [0.4, 0.5) is 11.6 Å². The van der Waals surface area contributed by atoms with Gasteiger partial charge in [0.05, 0.1) is 18.8 Å². The molecule has 1 atom stereocenters. The lowest BCUT2D eigenvalue weighted by Gasteiger charge is -2.30. The largest absolute Gasteiger partial charge is 0.495 e. The van der Waals surface area contributed by atoms with E-state index in [1.807, 2.05) is 30.3 Å². The number of nitrogens with two attached hydrogens (primary N) is 1. The van der Waals surface area contributed by atoms with E-state index in [1.54, 1.807) is 31.5 Å². The molecule has 4 aromatic rings. The number of carbonyl (C=O) groups is 2. The molecule has 2 aromatic carbocycles. The standard InChI is InChI=1S/C34H40N8O4/c1-34(2)17-23-28(41-46-30(23)32(44)38-26(18-35)20-8-6-5-7-9-20)29-24(34)19-36-33(40-29)39-25-11-10-21(16-27(25)45-4)31(43)37-22-12-14-42(3)15-13-22/h5-11,16,19,22,26H,12-15,17-18,35H2,1-4H3,(H,37,43)(H,38,44)(H,36,39,40)/t26-/m1/s1. The van der Waals surface area contributed by atoms with Crippen LogP contribution in [-0.4, -0.2) is 71.7 Å². The van der Waals surface area contributed by atoms with E-state index in [0.29, 0.717) is 46.3 Å². The molecule has 0 bridgehead atoms. The lowest BCUT2D eigenvalue weighted by atomic mass is 9.74. The summed E-state index contributed by atoms with van der Waals surface area (Å²) in [6.07, 6.45) is 4.14. The van der Waals surface area contributed by atoms with Gasteiger partial charge in [-0.25, -0.2) is 9.97 Å². The van der Waals surface area contributed by atoms with Gasteiger partial charge < -0.3 is 35.8 Å². The van der Waals surface area contributed by atoms with Crippen molar-refractivity contribution < 1.29 is 18.8 Å². The maximum atomic E-state index is 13.4. The molecule has 2 aliphatic rings. The highest BCUT2D eigenvalue weighted by atomic mass is 16.5. The average Bonchev–Trinajstić information content (AvgIpc) is 3.48. The third-order valence-electron chi connectivity index (χ3n) is 8.86. The topological polar surface area (TPSA) is 161 Å². The maximum absolute atomic E-state index is 13.4. The van der Waals surface area contributed by atoms with Crippen molar-refractivity contribution >= 4 is 23.5 Å². The molecule has 6 rings (SSSR count). The summed E-state index contributed by atoms with van der Waals surface area (Å²) in [6, 6.07) is 14.6. The van der Waals surface area contributed by atoms with Gasteiger partial charge in [0.15, 0.2) is 0 Å². The molecule has 3 heterocycles. The summed E-state index contributed by atoms with van der Waals surface area (Å²) in [5.41, 5.74) is 10.3. The molecule has 1 aliphatic heterocycles. The van der Waals surface area contributed by atoms with E-state index in [1.165, 1.54) is 0 Å². The first-order valence-corrected chi connectivity index (χ1v) is 15.5. The summed E-state index contributed by atoms with van der Waals surface area (Å²) >= 11 is 0. The number of fused-ring (bicyclic) bond motifs is 3. The van der Waals surface area contributed by atoms with Crippen molar-refractivity contribution in [2.45, 2.75) is 50.6 Å². The van der Waals surface area contributed by atoms with Crippen LogP contribution in [0.2, 0.25) is 0 Å². The number of hydrogen-bond acceptors (Lipinski definition) is 10. The smallest absolute Gasteiger partial charge is 0.290 e. The fourth-order valence-electron chi connectivity index (χ4n) is 6.16. The Balaban J connectivity index is 1.23. The number of methoxy groups -OCH3 is 1. The highest BCUT2D eigenvalue weighted by molar-refractivity contribution is 5.96. The van der Waals surface area contributed by atoms with E-state index in [9.17, 15) is 9.59 Å². The first-order chi connectivity index (χ1) is 22.2. The van der Waals surface area contributed by atoms with Gasteiger partial charge >= 0.3 is 0 Å². The van der Waals surface area contributed by atoms with Gasteiger partial charge in [-0.05, 0) is 68.6 Å². The molecule has 0 spiro atoms. The first-order valence-electron chi connectivity index (χ1n) is 15.5. The Morgan fingerprint density at radius 3 is 2.59 bits per heavy atom. The van der Waals surface area contributed by atoms with E-state index in [0.717, 1.165) is 37.1 Å². The molecule has 5 N–H and O–H groups in total. The Hall–Kier alpha value is -4.81. The molecule has 1 saturated heterocycles. The van der Waals surface area contributed by atoms with Crippen LogP contribution in [0.25, 0.3) is 11.4 Å². The number of anilines is 2. The number of benzene rings is 2. The van der Waals surface area contributed by atoms with Gasteiger partial charge in [-0.2, -0.15) is 0 Å². The second kappa shape index (κ2) is 12.9. The molecule has 2 aromatic heterocycles. The van der Waals surface area contributed by atoms with Gasteiger partial charge in [0.2, 0.25) is 11.7 Å². The third kappa shape index (κ3) is 6.31. The highest BCUT2D eigenvalue weighted by Gasteiger charge is 2.39. The molecular weight excluding hydrogens is 584 g/mol. The SMILES string of the molecule is COc1cc(C(=O)NC2CCN(C)CC2)ccc1Nc1ncc2c(n1)-c1noc(C(=O)N[C@H](CN)c3ccccc3)c1CC2(C)C. The Morgan fingerprint density at radius 1 is 1.11 bits per heavy atom. The summed E-state index contributed by atoms with van der Waals surface area (Å²) in [6.45, 7) is 6.30. The van der Waals surface area contributed by atoms with Gasteiger partial charge in [0, 0.05) is 35.5 Å². The molecule has 46 heavy (non-hydrogen) atoms. The number of piperidine rings is 1. The van der Waals surface area contributed by atoms with Crippen molar-refractivity contribution in [1.29, 1.82) is 0 Å². The summed E-state index contributed by atoms with van der Waals surface area (Å²) < 4.78 is 11.3. The van der Waals surface area contributed by atoms with Crippen molar-refractivity contribution in [2.24, 2.45) is 5.73 Å². The molecule has 0 radical (unpaired) electrons. The number of amides is 2. The van der Waals surface area contributed by atoms with E-state index in [2.05, 4.69) is 51.9 Å². The molecule has 0 unspecified atom stereocenters. The molecule has 0 saturated carbocycles. The number of nitrogens with zero attached hydrogens (tertiary/aromatic N) is 4. The number of carbonyl (C=O) groups excluding carboxylic acids is 2. The van der Waals surface area contributed by atoms with Crippen LogP contribution >= 0.6 is 0 Å². The van der Waals surface area contributed by atoms with Gasteiger partial charge in [0.1, 0.15) is 17.1 Å². The molecule has 1 fully saturated rings. The third-order valence-corrected chi connectivity index (χ3v) is 8.86. The van der Waals surface area contributed by atoms with Crippen molar-refractivity contribution in [3.8, 4) is 17.1 Å². The van der Waals surface area contributed by atoms with Gasteiger partial charge in [-0.15, -0.1) is 0 Å². The Labute approximate surface area is 268 Å². The Kier molecular flexibility index (Phi) is 8.74. The van der Waals surface area contributed by atoms with Crippen LogP contribution < -0.4 is 26.4 Å². The second-order valence-corrected chi connectivity index (χ2v) is 12.6. The molecule has 12 heteroatoms. The van der Waals surface area contributed by atoms with Gasteiger partial charge in [0.25, 0.3) is 11.8 Å². The zero-order valence-electron chi connectivity index (χ0n) is 26.6. The predicted octanol–water partition coefficient (Wildman–Crippen LogP) is 3.97. The molecule has 12 nitrogen and oxygen atoms in total.